The summed E-state index contributed by atoms with van der Waals surface area (Å²) in [5.74, 6) is 0.270. The lowest BCUT2D eigenvalue weighted by molar-refractivity contribution is -0.277. The van der Waals surface area contributed by atoms with Crippen molar-refractivity contribution in [1.82, 2.24) is 0 Å². The summed E-state index contributed by atoms with van der Waals surface area (Å²) in [5.41, 5.74) is 0.862. The third kappa shape index (κ3) is 3.64. The molecule has 1 aromatic heterocycles. The summed E-state index contributed by atoms with van der Waals surface area (Å²) in [6.45, 7) is -0.572. The van der Waals surface area contributed by atoms with Gasteiger partial charge < -0.3 is 39.4 Å². The van der Waals surface area contributed by atoms with Crippen LogP contribution in [0.3, 0.4) is 0 Å². The Labute approximate surface area is 170 Å². The van der Waals surface area contributed by atoms with Gasteiger partial charge in [0.1, 0.15) is 47.8 Å². The van der Waals surface area contributed by atoms with Crippen molar-refractivity contribution in [2.24, 2.45) is 0 Å². The van der Waals surface area contributed by atoms with Crippen molar-refractivity contribution < 1.29 is 39.4 Å². The maximum absolute atomic E-state index is 12.8. The van der Waals surface area contributed by atoms with Crippen LogP contribution >= 0.6 is 0 Å². The molecule has 9 heteroatoms. The quantitative estimate of drug-likeness (QED) is 0.406. The number of aliphatic hydroxyl groups excluding tert-OH is 4. The molecular formula is C21H20O9. The number of ether oxygens (including phenoxy) is 2. The van der Waals surface area contributed by atoms with Crippen molar-refractivity contribution in [3.8, 4) is 22.6 Å². The Balaban J connectivity index is 1.62. The molecule has 0 saturated carbocycles. The molecule has 158 valence electrons. The van der Waals surface area contributed by atoms with Gasteiger partial charge in [-0.05, 0) is 29.8 Å². The molecule has 0 radical (unpaired) electrons. The van der Waals surface area contributed by atoms with Gasteiger partial charge in [-0.3, -0.25) is 4.79 Å². The minimum atomic E-state index is -1.56. The average Bonchev–Trinajstić information content (AvgIpc) is 2.75. The SMILES string of the molecule is O=c1c(-c2ccc(O)cc2)coc2cc(O[C@@H]3OC(CO)[C@@H](O)C(O)C3O)ccc12. The number of benzene rings is 2. The van der Waals surface area contributed by atoms with Crippen molar-refractivity contribution >= 4 is 11.0 Å². The molecule has 0 aliphatic carbocycles. The number of aromatic hydroxyl groups is 1. The fraction of sp³-hybridized carbons (Fsp3) is 0.286. The first-order chi connectivity index (χ1) is 14.4. The number of phenolic OH excluding ortho intramolecular Hbond substituents is 1. The molecule has 4 rings (SSSR count). The molecule has 5 N–H and O–H groups in total. The van der Waals surface area contributed by atoms with Gasteiger partial charge in [0, 0.05) is 6.07 Å². The lowest BCUT2D eigenvalue weighted by atomic mass is 9.99. The highest BCUT2D eigenvalue weighted by molar-refractivity contribution is 5.82. The summed E-state index contributed by atoms with van der Waals surface area (Å²) in [5, 5.41) is 48.7. The minimum absolute atomic E-state index is 0.0823. The summed E-state index contributed by atoms with van der Waals surface area (Å²) >= 11 is 0. The molecular weight excluding hydrogens is 396 g/mol. The van der Waals surface area contributed by atoms with Gasteiger partial charge in [0.2, 0.25) is 6.29 Å². The Morgan fingerprint density at radius 2 is 1.70 bits per heavy atom. The van der Waals surface area contributed by atoms with E-state index in [0.29, 0.717) is 16.5 Å². The van der Waals surface area contributed by atoms with Crippen LogP contribution in [-0.4, -0.2) is 62.8 Å². The third-order valence-corrected chi connectivity index (χ3v) is 5.03. The highest BCUT2D eigenvalue weighted by Gasteiger charge is 2.44. The Hall–Kier alpha value is -2.95. The van der Waals surface area contributed by atoms with E-state index in [1.807, 2.05) is 0 Å². The third-order valence-electron chi connectivity index (χ3n) is 5.03. The van der Waals surface area contributed by atoms with Gasteiger partial charge in [0.05, 0.1) is 17.6 Å². The Bertz CT molecular complexity index is 1090. The highest BCUT2D eigenvalue weighted by atomic mass is 16.7. The van der Waals surface area contributed by atoms with E-state index in [0.717, 1.165) is 0 Å². The van der Waals surface area contributed by atoms with E-state index >= 15 is 0 Å². The van der Waals surface area contributed by atoms with Crippen LogP contribution in [0.2, 0.25) is 0 Å². The van der Waals surface area contributed by atoms with E-state index in [1.54, 1.807) is 12.1 Å². The van der Waals surface area contributed by atoms with Crippen molar-refractivity contribution in [3.63, 3.8) is 0 Å². The fourth-order valence-corrected chi connectivity index (χ4v) is 3.32. The number of rotatable bonds is 4. The molecule has 2 heterocycles. The predicted molar refractivity (Wildman–Crippen MR) is 104 cm³/mol. The van der Waals surface area contributed by atoms with Crippen LogP contribution in [0.15, 0.2) is 57.9 Å². The van der Waals surface area contributed by atoms with E-state index in [-0.39, 0.29) is 22.5 Å². The number of fused-ring (bicyclic) bond motifs is 1. The smallest absolute Gasteiger partial charge is 0.229 e. The molecule has 1 aliphatic heterocycles. The van der Waals surface area contributed by atoms with Gasteiger partial charge in [0.25, 0.3) is 0 Å². The van der Waals surface area contributed by atoms with Crippen LogP contribution < -0.4 is 10.2 Å². The van der Waals surface area contributed by atoms with Crippen LogP contribution in [-0.2, 0) is 4.74 Å². The molecule has 3 unspecified atom stereocenters. The van der Waals surface area contributed by atoms with Gasteiger partial charge in [0.15, 0.2) is 5.43 Å². The van der Waals surface area contributed by atoms with Gasteiger partial charge in [-0.15, -0.1) is 0 Å². The first-order valence-corrected chi connectivity index (χ1v) is 9.21. The summed E-state index contributed by atoms with van der Waals surface area (Å²) in [7, 11) is 0. The van der Waals surface area contributed by atoms with Crippen molar-refractivity contribution in [3.05, 3.63) is 59.0 Å². The standard InChI is InChI=1S/C21H20O9/c22-8-16-18(25)19(26)20(27)21(30-16)29-12-5-6-13-15(7-12)28-9-14(17(13)24)10-1-3-11(23)4-2-10/h1-7,9,16,18-23,25-27H,8H2/t16?,18-,19?,20?,21-/m1/s1. The molecule has 3 aromatic rings. The lowest BCUT2D eigenvalue weighted by Crippen LogP contribution is -2.60. The van der Waals surface area contributed by atoms with Crippen LogP contribution in [0.1, 0.15) is 0 Å². The molecule has 0 bridgehead atoms. The molecule has 2 aromatic carbocycles. The Kier molecular flexibility index (Phi) is 5.46. The van der Waals surface area contributed by atoms with E-state index in [2.05, 4.69) is 0 Å². The van der Waals surface area contributed by atoms with Crippen molar-refractivity contribution in [2.75, 3.05) is 6.61 Å². The number of hydrogen-bond acceptors (Lipinski definition) is 9. The highest BCUT2D eigenvalue weighted by Crippen LogP contribution is 2.27. The monoisotopic (exact) mass is 416 g/mol. The van der Waals surface area contributed by atoms with Crippen LogP contribution in [0.4, 0.5) is 0 Å². The molecule has 9 nitrogen and oxygen atoms in total. The number of hydrogen-bond donors (Lipinski definition) is 5. The van der Waals surface area contributed by atoms with Crippen molar-refractivity contribution in [1.29, 1.82) is 0 Å². The molecule has 30 heavy (non-hydrogen) atoms. The zero-order valence-corrected chi connectivity index (χ0v) is 15.6. The van der Waals surface area contributed by atoms with Crippen molar-refractivity contribution in [2.45, 2.75) is 30.7 Å². The van der Waals surface area contributed by atoms with Gasteiger partial charge in [-0.2, -0.15) is 0 Å². The zero-order chi connectivity index (χ0) is 21.4. The first kappa shape index (κ1) is 20.3. The lowest BCUT2D eigenvalue weighted by Gasteiger charge is -2.39. The minimum Gasteiger partial charge on any atom is -0.508 e. The van der Waals surface area contributed by atoms with Gasteiger partial charge in [-0.1, -0.05) is 12.1 Å². The molecule has 1 fully saturated rings. The van der Waals surface area contributed by atoms with Crippen LogP contribution in [0.25, 0.3) is 22.1 Å². The van der Waals surface area contributed by atoms with Gasteiger partial charge in [-0.25, -0.2) is 0 Å². The molecule has 5 atom stereocenters. The maximum atomic E-state index is 12.8. The second kappa shape index (κ2) is 8.05. The largest absolute Gasteiger partial charge is 0.508 e. The fourth-order valence-electron chi connectivity index (χ4n) is 3.32. The zero-order valence-electron chi connectivity index (χ0n) is 15.6. The van der Waals surface area contributed by atoms with Crippen LogP contribution in [0.5, 0.6) is 11.5 Å². The summed E-state index contributed by atoms with van der Waals surface area (Å²) in [4.78, 5) is 12.8. The second-order valence-electron chi connectivity index (χ2n) is 7.00. The molecule has 0 spiro atoms. The average molecular weight is 416 g/mol. The molecule has 1 saturated heterocycles. The normalized spacial score (nSPS) is 26.6. The summed E-state index contributed by atoms with van der Waals surface area (Å²) < 4.78 is 16.4. The Morgan fingerprint density at radius 1 is 0.967 bits per heavy atom. The van der Waals surface area contributed by atoms with E-state index in [1.165, 1.54) is 36.6 Å². The van der Waals surface area contributed by atoms with E-state index in [9.17, 15) is 30.3 Å². The summed E-state index contributed by atoms with van der Waals surface area (Å²) in [6.07, 6.45) is -5.75. The Morgan fingerprint density at radius 3 is 2.40 bits per heavy atom. The topological polar surface area (TPSA) is 150 Å². The number of phenols is 1. The maximum Gasteiger partial charge on any atom is 0.229 e. The number of aliphatic hydroxyl groups is 4. The molecule has 0 amide bonds. The predicted octanol–water partition coefficient (Wildman–Crippen LogP) is 0.344. The second-order valence-corrected chi connectivity index (χ2v) is 7.00. The summed E-state index contributed by atoms with van der Waals surface area (Å²) in [6, 6.07) is 10.5. The van der Waals surface area contributed by atoms with Crippen LogP contribution in [0, 0.1) is 0 Å². The first-order valence-electron chi connectivity index (χ1n) is 9.21. The van der Waals surface area contributed by atoms with Gasteiger partial charge >= 0.3 is 0 Å². The van der Waals surface area contributed by atoms with E-state index < -0.39 is 37.3 Å². The molecule has 1 aliphatic rings. The van der Waals surface area contributed by atoms with E-state index in [4.69, 9.17) is 13.9 Å².